The fourth-order valence-corrected chi connectivity index (χ4v) is 4.59. The molecule has 2 heterocycles. The summed E-state index contributed by atoms with van der Waals surface area (Å²) in [7, 11) is -7.11. The Kier molecular flexibility index (Phi) is 4.64. The summed E-state index contributed by atoms with van der Waals surface area (Å²) in [5.74, 6) is -1.10. The summed E-state index contributed by atoms with van der Waals surface area (Å²) in [6, 6.07) is 12.2. The first kappa shape index (κ1) is 18.5. The van der Waals surface area contributed by atoms with Gasteiger partial charge in [0, 0.05) is 0 Å². The van der Waals surface area contributed by atoms with E-state index < -0.39 is 31.9 Å². The van der Waals surface area contributed by atoms with Gasteiger partial charge in [0.05, 0.1) is 11.1 Å². The van der Waals surface area contributed by atoms with Gasteiger partial charge >= 0.3 is 0 Å². The molecule has 0 bridgehead atoms. The quantitative estimate of drug-likeness (QED) is 0.674. The molecule has 0 atom stereocenters. The maximum Gasteiger partial charge on any atom is 0.266 e. The molecule has 8 nitrogen and oxygen atoms in total. The number of carbonyl (C=O) groups excluding carboxylic acids is 2. The third-order valence-corrected chi connectivity index (χ3v) is 6.07. The van der Waals surface area contributed by atoms with E-state index in [1.54, 1.807) is 24.3 Å². The van der Waals surface area contributed by atoms with E-state index >= 15 is 0 Å². The Balaban J connectivity index is 0.000000173. The zero-order valence-corrected chi connectivity index (χ0v) is 13.9. The van der Waals surface area contributed by atoms with Crippen molar-refractivity contribution in [3.05, 3.63) is 59.7 Å². The number of hydrogen-bond donors (Lipinski definition) is 2. The highest BCUT2D eigenvalue weighted by Crippen LogP contribution is 2.21. The predicted octanol–water partition coefficient (Wildman–Crippen LogP) is 0.390. The van der Waals surface area contributed by atoms with E-state index in [4.69, 9.17) is 0 Å². The van der Waals surface area contributed by atoms with Gasteiger partial charge in [0.25, 0.3) is 31.9 Å². The van der Waals surface area contributed by atoms with Crippen molar-refractivity contribution < 1.29 is 31.1 Å². The second-order valence-corrected chi connectivity index (χ2v) is 8.16. The van der Waals surface area contributed by atoms with Gasteiger partial charge < -0.3 is 0 Å². The van der Waals surface area contributed by atoms with Crippen molar-refractivity contribution in [3.8, 4) is 0 Å². The Morgan fingerprint density at radius 2 is 0.920 bits per heavy atom. The molecule has 0 saturated carbocycles. The Bertz CT molecular complexity index is 993. The van der Waals surface area contributed by atoms with Crippen LogP contribution in [0.5, 0.6) is 0 Å². The summed E-state index contributed by atoms with van der Waals surface area (Å²) < 4.78 is 48.3. The molecule has 0 aliphatic carbocycles. The number of hydrogen-bond acceptors (Lipinski definition) is 6. The van der Waals surface area contributed by atoms with Crippen molar-refractivity contribution in [3.63, 3.8) is 0 Å². The fraction of sp³-hybridized carbons (Fsp3) is 0. The molecule has 2 aliphatic rings. The molecule has 2 aliphatic heterocycles. The summed E-state index contributed by atoms with van der Waals surface area (Å²) in [4.78, 5) is 22.1. The van der Waals surface area contributed by atoms with Gasteiger partial charge in [0.1, 0.15) is 9.79 Å². The average Bonchev–Trinajstić information content (AvgIpc) is 2.91. The molecule has 0 spiro atoms. The first-order chi connectivity index (χ1) is 11.2. The van der Waals surface area contributed by atoms with E-state index in [2.05, 4.69) is 0 Å². The second kappa shape index (κ2) is 6.26. The van der Waals surface area contributed by atoms with Gasteiger partial charge in [0.2, 0.25) is 0 Å². The maximum atomic E-state index is 11.1. The first-order valence-electron chi connectivity index (χ1n) is 6.55. The van der Waals surface area contributed by atoms with Crippen LogP contribution >= 0.6 is 0 Å². The molecule has 2 aromatic rings. The molecule has 0 saturated heterocycles. The lowest BCUT2D eigenvalue weighted by Gasteiger charge is -1.91. The third-order valence-electron chi connectivity index (χ3n) is 3.30. The summed E-state index contributed by atoms with van der Waals surface area (Å²) in [5.41, 5.74) is 0.440. The molecule has 0 aromatic heterocycles. The van der Waals surface area contributed by atoms with Gasteiger partial charge in [-0.15, -0.1) is 0 Å². The molecule has 11 heteroatoms. The van der Waals surface area contributed by atoms with Gasteiger partial charge in [-0.1, -0.05) is 24.3 Å². The average molecular weight is 386 g/mol. The molecule has 2 amide bonds. The summed E-state index contributed by atoms with van der Waals surface area (Å²) >= 11 is 0. The first-order valence-corrected chi connectivity index (χ1v) is 9.51. The van der Waals surface area contributed by atoms with E-state index in [1.165, 1.54) is 24.3 Å². The molecular weight excluding hydrogens is 375 g/mol. The smallest absolute Gasteiger partial charge is 0.266 e. The minimum absolute atomic E-state index is 0. The molecule has 4 rings (SSSR count). The van der Waals surface area contributed by atoms with E-state index in [0.29, 0.717) is 0 Å². The van der Waals surface area contributed by atoms with Crippen LogP contribution in [-0.4, -0.2) is 28.6 Å². The maximum absolute atomic E-state index is 11.1. The highest BCUT2D eigenvalue weighted by atomic mass is 32.2. The Morgan fingerprint density at radius 3 is 1.24 bits per heavy atom. The van der Waals surface area contributed by atoms with Gasteiger partial charge in [0.15, 0.2) is 0 Å². The Morgan fingerprint density at radius 1 is 0.600 bits per heavy atom. The van der Waals surface area contributed by atoms with E-state index in [9.17, 15) is 26.4 Å². The Labute approximate surface area is 142 Å². The van der Waals surface area contributed by atoms with Crippen LogP contribution in [0.25, 0.3) is 0 Å². The van der Waals surface area contributed by atoms with Gasteiger partial charge in [-0.2, -0.15) is 0 Å². The van der Waals surface area contributed by atoms with Crippen molar-refractivity contribution in [2.45, 2.75) is 9.79 Å². The normalized spacial score (nSPS) is 17.8. The minimum Gasteiger partial charge on any atom is -0.269 e. The van der Waals surface area contributed by atoms with Crippen LogP contribution in [0.2, 0.25) is 0 Å². The second-order valence-electron chi connectivity index (χ2n) is 4.86. The SMILES string of the molecule is F.O=C1NS(=O)(=O)c2ccccc21.O=C1NS(=O)(=O)c2ccccc21. The minimum atomic E-state index is -3.55. The highest BCUT2D eigenvalue weighted by molar-refractivity contribution is 7.91. The van der Waals surface area contributed by atoms with Crippen molar-refractivity contribution in [2.75, 3.05) is 0 Å². The molecule has 0 unspecified atom stereocenters. The van der Waals surface area contributed by atoms with Gasteiger partial charge in [-0.25, -0.2) is 26.3 Å². The number of rotatable bonds is 0. The molecule has 0 radical (unpaired) electrons. The van der Waals surface area contributed by atoms with Crippen molar-refractivity contribution in [1.29, 1.82) is 0 Å². The van der Waals surface area contributed by atoms with Crippen LogP contribution in [-0.2, 0) is 20.0 Å². The molecule has 132 valence electrons. The Hall–Kier alpha value is -2.79. The standard InChI is InChI=1S/2C7H5NO3S.FH/c2*9-7-5-3-1-2-4-6(5)12(10,11)8-7;/h2*1-4H,(H,8,9);1H. The lowest BCUT2D eigenvalue weighted by Crippen LogP contribution is -2.20. The van der Waals surface area contributed by atoms with Crippen LogP contribution < -0.4 is 9.44 Å². The third kappa shape index (κ3) is 3.23. The zero-order chi connectivity index (χ0) is 17.5. The largest absolute Gasteiger partial charge is 0.269 e. The summed E-state index contributed by atoms with van der Waals surface area (Å²) in [5, 5.41) is 0. The monoisotopic (exact) mass is 386 g/mol. The molecular formula is C14H11FN2O6S2. The molecule has 2 aromatic carbocycles. The topological polar surface area (TPSA) is 126 Å². The number of sulfonamides is 2. The van der Waals surface area contributed by atoms with Crippen LogP contribution in [0.15, 0.2) is 58.3 Å². The number of fused-ring (bicyclic) bond motifs is 2. The zero-order valence-electron chi connectivity index (χ0n) is 12.3. The van der Waals surface area contributed by atoms with Gasteiger partial charge in [-0.05, 0) is 24.3 Å². The van der Waals surface area contributed by atoms with Crippen molar-refractivity contribution >= 4 is 31.9 Å². The number of amides is 2. The van der Waals surface area contributed by atoms with E-state index in [1.807, 2.05) is 9.44 Å². The van der Waals surface area contributed by atoms with Gasteiger partial charge in [-0.3, -0.25) is 14.3 Å². The van der Waals surface area contributed by atoms with Crippen LogP contribution in [0.3, 0.4) is 0 Å². The van der Waals surface area contributed by atoms with Crippen molar-refractivity contribution in [2.24, 2.45) is 0 Å². The lowest BCUT2D eigenvalue weighted by molar-refractivity contribution is 0.0976. The predicted molar refractivity (Wildman–Crippen MR) is 84.7 cm³/mol. The lowest BCUT2D eigenvalue weighted by atomic mass is 10.2. The fourth-order valence-electron chi connectivity index (χ4n) is 2.24. The molecule has 0 fully saturated rings. The summed E-state index contributed by atoms with van der Waals surface area (Å²) in [6.45, 7) is 0. The number of benzene rings is 2. The van der Waals surface area contributed by atoms with E-state index in [-0.39, 0.29) is 25.6 Å². The number of nitrogens with one attached hydrogen (secondary N) is 2. The highest BCUT2D eigenvalue weighted by Gasteiger charge is 2.32. The van der Waals surface area contributed by atoms with Crippen molar-refractivity contribution in [1.82, 2.24) is 9.44 Å². The summed E-state index contributed by atoms with van der Waals surface area (Å²) in [6.07, 6.45) is 0. The van der Waals surface area contributed by atoms with Crippen LogP contribution in [0, 0.1) is 0 Å². The number of carbonyl (C=O) groups is 2. The number of halogens is 1. The van der Waals surface area contributed by atoms with Crippen LogP contribution in [0.1, 0.15) is 20.7 Å². The molecule has 25 heavy (non-hydrogen) atoms. The van der Waals surface area contributed by atoms with Crippen LogP contribution in [0.4, 0.5) is 4.70 Å². The van der Waals surface area contributed by atoms with E-state index in [0.717, 1.165) is 0 Å². The molecule has 2 N–H and O–H groups in total.